The highest BCUT2D eigenvalue weighted by molar-refractivity contribution is 5.85. The molecule has 2 aliphatic rings. The molecule has 174 valence electrons. The number of rotatable bonds is 11. The molecule has 34 heavy (non-hydrogen) atoms. The first-order valence-corrected chi connectivity index (χ1v) is 12.3. The summed E-state index contributed by atoms with van der Waals surface area (Å²) in [5.41, 5.74) is 2.71. The molecule has 0 spiro atoms. The molecule has 2 heterocycles. The molecule has 4 aromatic rings. The smallest absolute Gasteiger partial charge is 0.119 e. The zero-order valence-electron chi connectivity index (χ0n) is 19.4. The number of hydrogen-bond acceptors (Lipinski definition) is 4. The molecule has 0 N–H and O–H groups in total. The van der Waals surface area contributed by atoms with E-state index < -0.39 is 0 Å². The first-order chi connectivity index (χ1) is 16.8. The lowest BCUT2D eigenvalue weighted by atomic mass is 9.99. The van der Waals surface area contributed by atoms with Crippen molar-refractivity contribution in [2.75, 3.05) is 26.4 Å². The molecule has 0 radical (unpaired) electrons. The van der Waals surface area contributed by atoms with E-state index in [9.17, 15) is 0 Å². The number of ether oxygens (including phenoxy) is 4. The van der Waals surface area contributed by atoms with E-state index in [1.54, 1.807) is 0 Å². The maximum Gasteiger partial charge on any atom is 0.119 e. The van der Waals surface area contributed by atoms with Crippen molar-refractivity contribution in [2.45, 2.75) is 37.9 Å². The van der Waals surface area contributed by atoms with Gasteiger partial charge in [-0.3, -0.25) is 0 Å². The Morgan fingerprint density at radius 3 is 1.41 bits per heavy atom. The van der Waals surface area contributed by atoms with E-state index in [-0.39, 0.29) is 0 Å². The minimum atomic E-state index is 0.412. The average Bonchev–Trinajstić information content (AvgIpc) is 3.79. The number of fused-ring (bicyclic) bond motifs is 2. The van der Waals surface area contributed by atoms with Crippen LogP contribution in [0, 0.1) is 0 Å². The highest BCUT2D eigenvalue weighted by atomic mass is 16.6. The van der Waals surface area contributed by atoms with Gasteiger partial charge in [0.05, 0.1) is 38.6 Å². The second kappa shape index (κ2) is 9.65. The van der Waals surface area contributed by atoms with Crippen LogP contribution in [0.3, 0.4) is 0 Å². The number of hydrogen-bond donors (Lipinski definition) is 0. The van der Waals surface area contributed by atoms with Gasteiger partial charge >= 0.3 is 0 Å². The fourth-order valence-electron chi connectivity index (χ4n) is 4.41. The van der Waals surface area contributed by atoms with E-state index in [4.69, 9.17) is 18.9 Å². The summed E-state index contributed by atoms with van der Waals surface area (Å²) >= 11 is 0. The van der Waals surface area contributed by atoms with Crippen LogP contribution < -0.4 is 9.47 Å². The summed E-state index contributed by atoms with van der Waals surface area (Å²) in [7, 11) is 0. The van der Waals surface area contributed by atoms with Gasteiger partial charge in [0.1, 0.15) is 11.5 Å². The largest absolute Gasteiger partial charge is 0.493 e. The number of benzene rings is 4. The monoisotopic (exact) mass is 454 g/mol. The molecule has 6 rings (SSSR count). The van der Waals surface area contributed by atoms with E-state index >= 15 is 0 Å². The van der Waals surface area contributed by atoms with Gasteiger partial charge in [-0.25, -0.2) is 0 Å². The van der Waals surface area contributed by atoms with E-state index in [0.29, 0.717) is 25.4 Å². The first-order valence-electron chi connectivity index (χ1n) is 12.3. The SMILES string of the molecule is c1cc2cc(OCCC3CO3)ccc2cc1CCc1ccc2cc(OCCC3CO3)ccc2c1. The molecule has 0 aliphatic carbocycles. The normalized spacial score (nSPS) is 18.8. The Morgan fingerprint density at radius 2 is 0.971 bits per heavy atom. The summed E-state index contributed by atoms with van der Waals surface area (Å²) in [6.45, 7) is 3.19. The van der Waals surface area contributed by atoms with Crippen molar-refractivity contribution in [2.24, 2.45) is 0 Å². The predicted molar refractivity (Wildman–Crippen MR) is 135 cm³/mol. The predicted octanol–water partition coefficient (Wildman–Crippen LogP) is 6.11. The minimum absolute atomic E-state index is 0.412. The molecule has 2 fully saturated rings. The highest BCUT2D eigenvalue weighted by Crippen LogP contribution is 2.26. The lowest BCUT2D eigenvalue weighted by Crippen LogP contribution is -2.00. The second-order valence-electron chi connectivity index (χ2n) is 9.37. The van der Waals surface area contributed by atoms with Crippen molar-refractivity contribution in [3.8, 4) is 11.5 Å². The maximum absolute atomic E-state index is 5.88. The Morgan fingerprint density at radius 1 is 0.559 bits per heavy atom. The molecule has 0 aromatic heterocycles. The van der Waals surface area contributed by atoms with Crippen molar-refractivity contribution < 1.29 is 18.9 Å². The van der Waals surface area contributed by atoms with Gasteiger partial charge in [-0.05, 0) is 69.8 Å². The fraction of sp³-hybridized carbons (Fsp3) is 0.333. The summed E-state index contributed by atoms with van der Waals surface area (Å²) in [4.78, 5) is 0. The Labute approximate surface area is 200 Å². The fourth-order valence-corrected chi connectivity index (χ4v) is 4.41. The van der Waals surface area contributed by atoms with Crippen LogP contribution in [-0.2, 0) is 22.3 Å². The summed E-state index contributed by atoms with van der Waals surface area (Å²) in [6.07, 6.45) is 4.80. The van der Waals surface area contributed by atoms with Crippen LogP contribution in [-0.4, -0.2) is 38.6 Å². The third-order valence-corrected chi connectivity index (χ3v) is 6.68. The first kappa shape index (κ1) is 21.5. The standard InChI is InChI=1S/C30H30O4/c1(21-3-5-25-17-27(9-7-23(25)15-21)31-13-11-29-19-33-29)2-22-4-6-26-18-28(10-8-24(26)16-22)32-14-12-30-20-34-30/h3-10,15-18,29-30H,1-2,11-14,19-20H2. The van der Waals surface area contributed by atoms with E-state index in [1.165, 1.54) is 32.7 Å². The van der Waals surface area contributed by atoms with E-state index in [2.05, 4.69) is 72.8 Å². The van der Waals surface area contributed by atoms with Gasteiger partial charge in [0.25, 0.3) is 0 Å². The molecule has 4 heteroatoms. The Balaban J connectivity index is 1.06. The van der Waals surface area contributed by atoms with Crippen molar-refractivity contribution in [3.05, 3.63) is 83.9 Å². The molecule has 2 atom stereocenters. The quantitative estimate of drug-likeness (QED) is 0.256. The molecule has 0 amide bonds. The van der Waals surface area contributed by atoms with Crippen molar-refractivity contribution in [3.63, 3.8) is 0 Å². The van der Waals surface area contributed by atoms with Gasteiger partial charge in [0, 0.05) is 12.8 Å². The summed E-state index contributed by atoms with van der Waals surface area (Å²) < 4.78 is 22.2. The van der Waals surface area contributed by atoms with Crippen LogP contribution in [0.4, 0.5) is 0 Å². The van der Waals surface area contributed by atoms with Crippen molar-refractivity contribution in [1.82, 2.24) is 0 Å². The third-order valence-electron chi connectivity index (χ3n) is 6.68. The van der Waals surface area contributed by atoms with Crippen molar-refractivity contribution >= 4 is 21.5 Å². The molecular weight excluding hydrogens is 424 g/mol. The van der Waals surface area contributed by atoms with E-state index in [1.807, 2.05) is 0 Å². The lowest BCUT2D eigenvalue weighted by molar-refractivity contribution is 0.283. The van der Waals surface area contributed by atoms with Crippen molar-refractivity contribution in [1.29, 1.82) is 0 Å². The van der Waals surface area contributed by atoms with Crippen LogP contribution >= 0.6 is 0 Å². The molecule has 2 unspecified atom stereocenters. The highest BCUT2D eigenvalue weighted by Gasteiger charge is 2.22. The molecule has 0 bridgehead atoms. The van der Waals surface area contributed by atoms with Gasteiger partial charge in [-0.2, -0.15) is 0 Å². The number of aryl methyl sites for hydroxylation is 2. The zero-order chi connectivity index (χ0) is 22.7. The van der Waals surface area contributed by atoms with Crippen LogP contribution in [0.15, 0.2) is 72.8 Å². The third kappa shape index (κ3) is 5.52. The average molecular weight is 455 g/mol. The molecule has 2 aliphatic heterocycles. The Hall–Kier alpha value is -3.08. The van der Waals surface area contributed by atoms with Gasteiger partial charge in [0.2, 0.25) is 0 Å². The Kier molecular flexibility index (Phi) is 6.09. The molecule has 4 aromatic carbocycles. The topological polar surface area (TPSA) is 43.5 Å². The minimum Gasteiger partial charge on any atom is -0.493 e. The number of epoxide rings is 2. The van der Waals surface area contributed by atoms with Gasteiger partial charge in [-0.1, -0.05) is 48.5 Å². The van der Waals surface area contributed by atoms with E-state index in [0.717, 1.165) is 50.4 Å². The van der Waals surface area contributed by atoms with Gasteiger partial charge in [-0.15, -0.1) is 0 Å². The Bertz CT molecular complexity index is 1190. The summed E-state index contributed by atoms with van der Waals surface area (Å²) in [6, 6.07) is 26.2. The van der Waals surface area contributed by atoms with Crippen LogP contribution in [0.25, 0.3) is 21.5 Å². The molecule has 0 saturated carbocycles. The maximum atomic E-state index is 5.88. The van der Waals surface area contributed by atoms with Crippen LogP contribution in [0.2, 0.25) is 0 Å². The molecular formula is C30H30O4. The summed E-state index contributed by atoms with van der Waals surface area (Å²) in [5, 5.41) is 4.96. The molecule has 2 saturated heterocycles. The van der Waals surface area contributed by atoms with Gasteiger partial charge < -0.3 is 18.9 Å². The second-order valence-corrected chi connectivity index (χ2v) is 9.37. The molecule has 4 nitrogen and oxygen atoms in total. The van der Waals surface area contributed by atoms with Crippen LogP contribution in [0.5, 0.6) is 11.5 Å². The lowest BCUT2D eigenvalue weighted by Gasteiger charge is -2.09. The zero-order valence-corrected chi connectivity index (χ0v) is 19.4. The van der Waals surface area contributed by atoms with Gasteiger partial charge in [0.15, 0.2) is 0 Å². The summed E-state index contributed by atoms with van der Waals surface area (Å²) in [5.74, 6) is 1.87. The van der Waals surface area contributed by atoms with Crippen LogP contribution in [0.1, 0.15) is 24.0 Å².